The minimum absolute atomic E-state index is 0.180. The Hall–Kier alpha value is -1.93. The molecule has 4 atom stereocenters. The van der Waals surface area contributed by atoms with Crippen LogP contribution in [0.25, 0.3) is 5.57 Å². The van der Waals surface area contributed by atoms with Gasteiger partial charge in [-0.05, 0) is 61.6 Å². The first-order valence-corrected chi connectivity index (χ1v) is 12.5. The number of ether oxygens (including phenoxy) is 1. The highest BCUT2D eigenvalue weighted by atomic mass is 19.4. The fourth-order valence-electron chi connectivity index (χ4n) is 5.80. The lowest BCUT2D eigenvalue weighted by Gasteiger charge is -2.39. The molecule has 3 unspecified atom stereocenters. The molecule has 2 aliphatic heterocycles. The molecule has 0 spiro atoms. The minimum atomic E-state index is -4.39. The molecule has 1 saturated carbocycles. The van der Waals surface area contributed by atoms with Crippen molar-refractivity contribution in [2.24, 2.45) is 17.3 Å². The van der Waals surface area contributed by atoms with Gasteiger partial charge < -0.3 is 15.0 Å². The molecule has 0 aromatic carbocycles. The number of carbonyl (C=O) groups is 1. The van der Waals surface area contributed by atoms with Gasteiger partial charge in [0.25, 0.3) is 0 Å². The molecule has 3 aliphatic rings. The Morgan fingerprint density at radius 1 is 1.32 bits per heavy atom. The lowest BCUT2D eigenvalue weighted by Crippen LogP contribution is -2.49. The van der Waals surface area contributed by atoms with Crippen LogP contribution in [0.3, 0.4) is 0 Å². The van der Waals surface area contributed by atoms with Crippen LogP contribution in [0.4, 0.5) is 13.2 Å². The Labute approximate surface area is 200 Å². The number of carbonyl (C=O) groups excluding carboxylic acids is 1. The molecule has 8 heteroatoms. The molecule has 188 valence electrons. The second kappa shape index (κ2) is 9.97. The number of alkyl halides is 3. The molecule has 0 bridgehead atoms. The fourth-order valence-corrected chi connectivity index (χ4v) is 5.80. The predicted octanol–water partition coefficient (Wildman–Crippen LogP) is 4.93. The van der Waals surface area contributed by atoms with Gasteiger partial charge in [-0.1, -0.05) is 26.8 Å². The molecule has 4 rings (SSSR count). The van der Waals surface area contributed by atoms with E-state index < -0.39 is 17.2 Å². The van der Waals surface area contributed by atoms with E-state index >= 15 is 0 Å². The van der Waals surface area contributed by atoms with E-state index in [2.05, 4.69) is 31.1 Å². The third-order valence-electron chi connectivity index (χ3n) is 8.08. The highest BCUT2D eigenvalue weighted by molar-refractivity contribution is 5.84. The molecule has 2 fully saturated rings. The van der Waals surface area contributed by atoms with Gasteiger partial charge in [0, 0.05) is 38.0 Å². The summed E-state index contributed by atoms with van der Waals surface area (Å²) in [5, 5.41) is 3.82. The van der Waals surface area contributed by atoms with Crippen molar-refractivity contribution in [3.8, 4) is 0 Å². The number of pyridine rings is 1. The molecule has 34 heavy (non-hydrogen) atoms. The van der Waals surface area contributed by atoms with Crippen molar-refractivity contribution in [2.75, 3.05) is 26.3 Å². The second-order valence-electron chi connectivity index (χ2n) is 10.5. The quantitative estimate of drug-likeness (QED) is 0.651. The van der Waals surface area contributed by atoms with Crippen LogP contribution in [-0.2, 0) is 15.7 Å². The average molecular weight is 480 g/mol. The maximum absolute atomic E-state index is 13.8. The van der Waals surface area contributed by atoms with E-state index in [0.29, 0.717) is 43.2 Å². The number of nitrogens with zero attached hydrogens (tertiary/aromatic N) is 2. The second-order valence-corrected chi connectivity index (χ2v) is 10.5. The first kappa shape index (κ1) is 25.2. The van der Waals surface area contributed by atoms with E-state index in [4.69, 9.17) is 4.74 Å². The fraction of sp³-hybridized carbons (Fsp3) is 0.692. The highest BCUT2D eigenvalue weighted by Gasteiger charge is 2.49. The molecular weight excluding hydrogens is 443 g/mol. The first-order chi connectivity index (χ1) is 16.1. The maximum Gasteiger partial charge on any atom is 0.416 e. The van der Waals surface area contributed by atoms with Crippen molar-refractivity contribution in [1.82, 2.24) is 15.2 Å². The van der Waals surface area contributed by atoms with Gasteiger partial charge in [-0.25, -0.2) is 0 Å². The zero-order valence-electron chi connectivity index (χ0n) is 20.3. The van der Waals surface area contributed by atoms with Crippen molar-refractivity contribution in [1.29, 1.82) is 0 Å². The minimum Gasteiger partial charge on any atom is -0.381 e. The van der Waals surface area contributed by atoms with E-state index in [1.807, 2.05) is 11.0 Å². The summed E-state index contributed by atoms with van der Waals surface area (Å²) in [5.41, 5.74) is 0.0229. The van der Waals surface area contributed by atoms with Gasteiger partial charge in [0.05, 0.1) is 23.3 Å². The number of amides is 1. The molecule has 1 aromatic heterocycles. The number of nitrogens with one attached hydrogen (secondary N) is 1. The summed E-state index contributed by atoms with van der Waals surface area (Å²) in [6.45, 7) is 8.96. The molecule has 1 aromatic rings. The Balaban J connectivity index is 1.43. The topological polar surface area (TPSA) is 54.5 Å². The van der Waals surface area contributed by atoms with E-state index in [9.17, 15) is 18.0 Å². The summed E-state index contributed by atoms with van der Waals surface area (Å²) < 4.78 is 44.8. The average Bonchev–Trinajstić information content (AvgIpc) is 3.25. The van der Waals surface area contributed by atoms with Gasteiger partial charge in [0.2, 0.25) is 5.91 Å². The van der Waals surface area contributed by atoms with E-state index in [1.165, 1.54) is 6.20 Å². The summed E-state index contributed by atoms with van der Waals surface area (Å²) in [6.07, 6.45) is 2.86. The standard InChI is InChI=1S/C26H36F3N3O2/c1-17(2)25(9-4-21(15-25)31-22-8-13-34-16-18(22)3)24(33)32-11-6-19(7-12-32)23-14-20(5-10-30-23)26(27,28)29/h5-6,10,14,17-18,21-22,31H,4,7-9,11-13,15-16H2,1-3H3/t18?,21?,22?,25-/m0/s1. The summed E-state index contributed by atoms with van der Waals surface area (Å²) in [7, 11) is 0. The summed E-state index contributed by atoms with van der Waals surface area (Å²) >= 11 is 0. The van der Waals surface area contributed by atoms with Crippen LogP contribution in [0.2, 0.25) is 0 Å². The van der Waals surface area contributed by atoms with Crippen LogP contribution >= 0.6 is 0 Å². The van der Waals surface area contributed by atoms with Crippen LogP contribution in [0, 0.1) is 17.3 Å². The van der Waals surface area contributed by atoms with Crippen LogP contribution in [-0.4, -0.2) is 54.2 Å². The van der Waals surface area contributed by atoms with E-state index in [1.54, 1.807) is 0 Å². The zero-order valence-corrected chi connectivity index (χ0v) is 20.3. The number of hydrogen-bond donors (Lipinski definition) is 1. The molecule has 1 amide bonds. The number of rotatable bonds is 5. The predicted molar refractivity (Wildman–Crippen MR) is 125 cm³/mol. The number of hydrogen-bond acceptors (Lipinski definition) is 4. The Bertz CT molecular complexity index is 917. The number of halogens is 3. The van der Waals surface area contributed by atoms with Crippen LogP contribution in [0.1, 0.15) is 64.1 Å². The molecular formula is C26H36F3N3O2. The third-order valence-corrected chi connectivity index (χ3v) is 8.08. The maximum atomic E-state index is 13.8. The van der Waals surface area contributed by atoms with Gasteiger partial charge in [0.15, 0.2) is 0 Å². The Morgan fingerprint density at radius 2 is 2.12 bits per heavy atom. The van der Waals surface area contributed by atoms with Crippen molar-refractivity contribution >= 4 is 11.5 Å². The van der Waals surface area contributed by atoms with Gasteiger partial charge >= 0.3 is 6.18 Å². The van der Waals surface area contributed by atoms with Gasteiger partial charge in [0.1, 0.15) is 0 Å². The van der Waals surface area contributed by atoms with Crippen molar-refractivity contribution in [3.63, 3.8) is 0 Å². The summed E-state index contributed by atoms with van der Waals surface area (Å²) in [4.78, 5) is 19.8. The molecule has 5 nitrogen and oxygen atoms in total. The largest absolute Gasteiger partial charge is 0.416 e. The lowest BCUT2D eigenvalue weighted by atomic mass is 9.74. The highest BCUT2D eigenvalue weighted by Crippen LogP contribution is 2.46. The van der Waals surface area contributed by atoms with Crippen molar-refractivity contribution in [3.05, 3.63) is 35.7 Å². The van der Waals surface area contributed by atoms with Crippen LogP contribution in [0.15, 0.2) is 24.4 Å². The van der Waals surface area contributed by atoms with E-state index in [-0.39, 0.29) is 11.8 Å². The van der Waals surface area contributed by atoms with Gasteiger partial charge in [-0.2, -0.15) is 13.2 Å². The molecule has 1 N–H and O–H groups in total. The molecule has 0 radical (unpaired) electrons. The van der Waals surface area contributed by atoms with Crippen LogP contribution < -0.4 is 5.32 Å². The van der Waals surface area contributed by atoms with Gasteiger partial charge in [-0.15, -0.1) is 0 Å². The molecule has 1 saturated heterocycles. The SMILES string of the molecule is CC1COCCC1NC1CC[C@@](C(=O)N2CC=C(c3cc(C(F)(F)F)ccn3)CC2)(C(C)C)C1. The van der Waals surface area contributed by atoms with E-state index in [0.717, 1.165) is 56.6 Å². The normalized spacial score (nSPS) is 30.5. The summed E-state index contributed by atoms with van der Waals surface area (Å²) in [5.74, 6) is 0.863. The van der Waals surface area contributed by atoms with Crippen molar-refractivity contribution in [2.45, 2.75) is 71.1 Å². The molecule has 3 heterocycles. The van der Waals surface area contributed by atoms with Crippen LogP contribution in [0.5, 0.6) is 0 Å². The Kier molecular flexibility index (Phi) is 7.38. The van der Waals surface area contributed by atoms with Crippen molar-refractivity contribution < 1.29 is 22.7 Å². The first-order valence-electron chi connectivity index (χ1n) is 12.5. The zero-order chi connectivity index (χ0) is 24.5. The molecule has 1 aliphatic carbocycles. The Morgan fingerprint density at radius 3 is 2.76 bits per heavy atom. The number of aromatic nitrogens is 1. The van der Waals surface area contributed by atoms with Gasteiger partial charge in [-0.3, -0.25) is 9.78 Å². The smallest absolute Gasteiger partial charge is 0.381 e. The summed E-state index contributed by atoms with van der Waals surface area (Å²) in [6, 6.07) is 2.84. The monoisotopic (exact) mass is 479 g/mol. The lowest BCUT2D eigenvalue weighted by molar-refractivity contribution is -0.144. The third kappa shape index (κ3) is 5.18.